The lowest BCUT2D eigenvalue weighted by Crippen LogP contribution is -2.09. The van der Waals surface area contributed by atoms with Gasteiger partial charge in [-0.05, 0) is 129 Å². The van der Waals surface area contributed by atoms with Gasteiger partial charge in [-0.1, -0.05) is 192 Å². The van der Waals surface area contributed by atoms with Crippen LogP contribution < -0.4 is 9.64 Å². The van der Waals surface area contributed by atoms with Gasteiger partial charge in [0.25, 0.3) is 0 Å². The Morgan fingerprint density at radius 2 is 0.853 bits per heavy atom. The van der Waals surface area contributed by atoms with Crippen LogP contribution in [-0.4, -0.2) is 12.0 Å². The second kappa shape index (κ2) is 20.5. The molecule has 12 rings (SSSR count). The number of alkyl halides is 1. The Bertz CT molecular complexity index is 3620. The molecule has 0 bridgehead atoms. The van der Waals surface area contributed by atoms with E-state index in [1.807, 2.05) is 58.8 Å². The van der Waals surface area contributed by atoms with E-state index < -0.39 is 0 Å². The highest BCUT2D eigenvalue weighted by Gasteiger charge is 2.17. The van der Waals surface area contributed by atoms with E-state index in [1.165, 1.54) is 90.4 Å². The maximum atomic E-state index is 5.04. The molecule has 0 radical (unpaired) electrons. The molecule has 0 saturated carbocycles. The van der Waals surface area contributed by atoms with Crippen LogP contribution in [-0.2, 0) is 0 Å². The smallest absolute Gasteiger partial charge is 0.121 e. The molecule has 12 aromatic rings. The summed E-state index contributed by atoms with van der Waals surface area (Å²) in [6, 6.07) is 85.4. The van der Waals surface area contributed by atoms with Crippen molar-refractivity contribution in [3.63, 3.8) is 0 Å². The Morgan fingerprint density at radius 3 is 1.50 bits per heavy atom. The van der Waals surface area contributed by atoms with Crippen molar-refractivity contribution in [2.45, 2.75) is 6.92 Å². The molecule has 68 heavy (non-hydrogen) atoms. The number of hydrogen-bond donors (Lipinski definition) is 0. The number of hydrogen-bond acceptors (Lipinski definition) is 4. The van der Waals surface area contributed by atoms with Gasteiger partial charge in [0.15, 0.2) is 0 Å². The maximum Gasteiger partial charge on any atom is 0.121 e. The van der Waals surface area contributed by atoms with E-state index in [9.17, 15) is 0 Å². The van der Waals surface area contributed by atoms with Crippen LogP contribution in [0.5, 0.6) is 5.75 Å². The summed E-state index contributed by atoms with van der Waals surface area (Å²) in [7, 11) is 1.68. The van der Waals surface area contributed by atoms with Crippen LogP contribution in [0.3, 0.4) is 0 Å². The quantitative estimate of drug-likeness (QED) is 0.111. The van der Waals surface area contributed by atoms with E-state index >= 15 is 0 Å². The Hall–Kier alpha value is -7.03. The Morgan fingerprint density at radius 1 is 0.353 bits per heavy atom. The van der Waals surface area contributed by atoms with Crippen molar-refractivity contribution in [1.29, 1.82) is 0 Å². The highest BCUT2D eigenvalue weighted by atomic mass is 127. The first kappa shape index (κ1) is 44.8. The Kier molecular flexibility index (Phi) is 13.5. The Balaban J connectivity index is 0.000000438. The van der Waals surface area contributed by atoms with Crippen molar-refractivity contribution in [1.82, 2.24) is 0 Å². The number of anilines is 3. The zero-order valence-corrected chi connectivity index (χ0v) is 41.9. The van der Waals surface area contributed by atoms with Crippen molar-refractivity contribution < 1.29 is 4.74 Å². The third-order valence-electron chi connectivity index (χ3n) is 12.4. The van der Waals surface area contributed by atoms with Gasteiger partial charge in [-0.3, -0.25) is 0 Å². The van der Waals surface area contributed by atoms with E-state index in [1.54, 1.807) is 7.11 Å². The fourth-order valence-corrected chi connectivity index (χ4v) is 11.3. The number of halogens is 1. The van der Waals surface area contributed by atoms with Crippen molar-refractivity contribution in [2.75, 3.05) is 16.9 Å². The standard InChI is InChI=1S/C54H35NS2.C8H10O.CH3I/c1-4-11-36(12-5-1)38-19-21-40(22-20-38)46-17-10-18-48-47-30-25-42(34-53(47)57-54(46)48)41-26-31-51-49(33-41)50-35-45(29-32-52(50)56-51)55(43-15-8-3-9-16-43)44-27-23-39(24-28-44)37-13-6-2-7-14-37;1-7-5-3-4-6-8(7)9-2;1-2/h1-35H;3-6H,1-2H3;1H3. The van der Waals surface area contributed by atoms with Gasteiger partial charge in [-0.2, -0.15) is 0 Å². The Labute approximate surface area is 420 Å². The van der Waals surface area contributed by atoms with Gasteiger partial charge in [0, 0.05) is 57.4 Å². The van der Waals surface area contributed by atoms with E-state index in [2.05, 4.69) is 240 Å². The topological polar surface area (TPSA) is 12.5 Å². The SMILES string of the molecule is CI.COc1ccccc1C.c1ccc(-c2ccc(-c3cccc4c3sc3cc(-c5ccc6sc7ccc(N(c8ccccc8)c8ccc(-c9ccccc9)cc8)cc7c6c5)ccc34)cc2)cc1. The summed E-state index contributed by atoms with van der Waals surface area (Å²) in [4.78, 5) is 4.33. The molecule has 2 heterocycles. The molecule has 5 heteroatoms. The number of fused-ring (bicyclic) bond motifs is 6. The van der Waals surface area contributed by atoms with Gasteiger partial charge in [0.1, 0.15) is 5.75 Å². The molecule has 10 aromatic carbocycles. The first-order valence-electron chi connectivity index (χ1n) is 22.6. The van der Waals surface area contributed by atoms with Crippen LogP contribution in [0, 0.1) is 6.92 Å². The number of aryl methyl sites for hydroxylation is 1. The molecule has 2 nitrogen and oxygen atoms in total. The lowest BCUT2D eigenvalue weighted by molar-refractivity contribution is 0.411. The summed E-state index contributed by atoms with van der Waals surface area (Å²) < 4.78 is 10.3. The summed E-state index contributed by atoms with van der Waals surface area (Å²) in [6.07, 6.45) is 0. The molecule has 0 unspecified atom stereocenters. The zero-order valence-electron chi connectivity index (χ0n) is 38.1. The van der Waals surface area contributed by atoms with Crippen molar-refractivity contribution in [2.24, 2.45) is 0 Å². The maximum absolute atomic E-state index is 5.04. The van der Waals surface area contributed by atoms with Crippen LogP contribution in [0.4, 0.5) is 17.1 Å². The molecule has 0 aliphatic rings. The minimum absolute atomic E-state index is 0.956. The second-order valence-electron chi connectivity index (χ2n) is 16.5. The molecule has 0 atom stereocenters. The lowest BCUT2D eigenvalue weighted by Gasteiger charge is -2.26. The normalized spacial score (nSPS) is 10.9. The van der Waals surface area contributed by atoms with E-state index in [0.717, 1.165) is 22.8 Å². The molecule has 0 spiro atoms. The summed E-state index contributed by atoms with van der Waals surface area (Å²) in [6.45, 7) is 2.03. The molecule has 0 aliphatic heterocycles. The van der Waals surface area contributed by atoms with Crippen LogP contribution >= 0.6 is 45.3 Å². The van der Waals surface area contributed by atoms with Crippen molar-refractivity contribution in [3.05, 3.63) is 242 Å². The fourth-order valence-electron chi connectivity index (χ4n) is 9.01. The van der Waals surface area contributed by atoms with Crippen LogP contribution in [0.25, 0.3) is 84.9 Å². The minimum Gasteiger partial charge on any atom is -0.496 e. The van der Waals surface area contributed by atoms with Gasteiger partial charge in [0.05, 0.1) is 7.11 Å². The second-order valence-corrected chi connectivity index (χ2v) is 18.6. The summed E-state index contributed by atoms with van der Waals surface area (Å²) in [5.41, 5.74) is 14.5. The molecular formula is C63H48INOS2. The van der Waals surface area contributed by atoms with E-state index in [4.69, 9.17) is 4.74 Å². The molecule has 0 saturated heterocycles. The van der Waals surface area contributed by atoms with Crippen LogP contribution in [0.15, 0.2) is 237 Å². The van der Waals surface area contributed by atoms with Gasteiger partial charge >= 0.3 is 0 Å². The number of methoxy groups -OCH3 is 1. The minimum atomic E-state index is 0.956. The van der Waals surface area contributed by atoms with Crippen LogP contribution in [0.1, 0.15) is 5.56 Å². The van der Waals surface area contributed by atoms with Crippen LogP contribution in [0.2, 0.25) is 0 Å². The number of thiophene rings is 2. The van der Waals surface area contributed by atoms with E-state index in [-0.39, 0.29) is 0 Å². The summed E-state index contributed by atoms with van der Waals surface area (Å²) >= 11 is 5.91. The molecule has 0 aliphatic carbocycles. The van der Waals surface area contributed by atoms with Gasteiger partial charge < -0.3 is 9.64 Å². The third-order valence-corrected chi connectivity index (χ3v) is 14.8. The molecule has 0 amide bonds. The largest absolute Gasteiger partial charge is 0.496 e. The molecule has 0 fully saturated rings. The molecule has 2 aromatic heterocycles. The average molecular weight is 1030 g/mol. The molecule has 330 valence electrons. The van der Waals surface area contributed by atoms with Gasteiger partial charge in [0.2, 0.25) is 0 Å². The fraction of sp³-hybridized carbons (Fsp3) is 0.0476. The number of para-hydroxylation sites is 2. The number of nitrogens with zero attached hydrogens (tertiary/aromatic N) is 1. The predicted octanol–water partition coefficient (Wildman–Crippen LogP) is 19.6. The highest BCUT2D eigenvalue weighted by Crippen LogP contribution is 2.44. The monoisotopic (exact) mass is 1030 g/mol. The summed E-state index contributed by atoms with van der Waals surface area (Å²) in [5.74, 6) is 0.956. The molecular weight excluding hydrogens is 978 g/mol. The molecule has 0 N–H and O–H groups in total. The lowest BCUT2D eigenvalue weighted by atomic mass is 9.98. The predicted molar refractivity (Wildman–Crippen MR) is 306 cm³/mol. The van der Waals surface area contributed by atoms with E-state index in [0.29, 0.717) is 0 Å². The first-order chi connectivity index (χ1) is 33.6. The number of benzene rings is 10. The third kappa shape index (κ3) is 9.17. The highest BCUT2D eigenvalue weighted by molar-refractivity contribution is 14.1. The number of rotatable bonds is 8. The summed E-state index contributed by atoms with van der Waals surface area (Å²) in [5, 5.41) is 5.20. The first-order valence-corrected chi connectivity index (χ1v) is 26.4. The van der Waals surface area contributed by atoms with Gasteiger partial charge in [-0.25, -0.2) is 0 Å². The van der Waals surface area contributed by atoms with Crippen molar-refractivity contribution in [3.8, 4) is 50.3 Å². The average Bonchev–Trinajstić information content (AvgIpc) is 3.98. The van der Waals surface area contributed by atoms with Gasteiger partial charge in [-0.15, -0.1) is 22.7 Å². The number of ether oxygens (including phenoxy) is 1. The zero-order chi connectivity index (χ0) is 46.4. The van der Waals surface area contributed by atoms with Crippen molar-refractivity contribution >= 4 is 103 Å².